The molecule has 0 saturated heterocycles. The number of hydrogen-bond acceptors (Lipinski definition) is 4. The van der Waals surface area contributed by atoms with Crippen molar-refractivity contribution in [2.24, 2.45) is 0 Å². The maximum atomic E-state index is 10.2. The molecular weight excluding hydrogens is 268 g/mol. The Bertz CT molecular complexity index is 595. The predicted molar refractivity (Wildman–Crippen MR) is 80.9 cm³/mol. The Kier molecular flexibility index (Phi) is 5.06. The quantitative estimate of drug-likeness (QED) is 0.857. The molecule has 2 aromatic rings. The highest BCUT2D eigenvalue weighted by molar-refractivity contribution is 5.41. The third-order valence-corrected chi connectivity index (χ3v) is 3.43. The summed E-state index contributed by atoms with van der Waals surface area (Å²) in [7, 11) is 3.12. The highest BCUT2D eigenvalue weighted by Gasteiger charge is 2.10. The molecule has 0 amide bonds. The first-order valence-electron chi connectivity index (χ1n) is 6.82. The summed E-state index contributed by atoms with van der Waals surface area (Å²) in [5, 5.41) is 20.0. The summed E-state index contributed by atoms with van der Waals surface area (Å²) in [6, 6.07) is 12.7. The highest BCUT2D eigenvalue weighted by Crippen LogP contribution is 2.28. The average Bonchev–Trinajstić information content (AvgIpc) is 2.52. The predicted octanol–water partition coefficient (Wildman–Crippen LogP) is 3.08. The van der Waals surface area contributed by atoms with Crippen LogP contribution in [-0.2, 0) is 6.42 Å². The van der Waals surface area contributed by atoms with Crippen LogP contribution in [0, 0.1) is 0 Å². The van der Waals surface area contributed by atoms with Crippen LogP contribution >= 0.6 is 0 Å². The zero-order valence-corrected chi connectivity index (χ0v) is 12.2. The van der Waals surface area contributed by atoms with Crippen LogP contribution < -0.4 is 9.47 Å². The van der Waals surface area contributed by atoms with E-state index in [2.05, 4.69) is 0 Å². The van der Waals surface area contributed by atoms with E-state index in [4.69, 9.17) is 9.47 Å². The second-order valence-corrected chi connectivity index (χ2v) is 4.84. The summed E-state index contributed by atoms with van der Waals surface area (Å²) in [5.41, 5.74) is 1.78. The standard InChI is InChI=1S/C17H20O4/c1-20-14-5-3-4-13(11-14)15(18)8-6-12-7-9-17(21-2)16(19)10-12/h3-5,7,9-11,15,18-19H,6,8H2,1-2H3/t15-/m1/s1. The molecule has 21 heavy (non-hydrogen) atoms. The number of aromatic hydroxyl groups is 1. The number of benzene rings is 2. The largest absolute Gasteiger partial charge is 0.504 e. The summed E-state index contributed by atoms with van der Waals surface area (Å²) >= 11 is 0. The lowest BCUT2D eigenvalue weighted by Crippen LogP contribution is -2.00. The molecule has 0 fully saturated rings. The first-order chi connectivity index (χ1) is 10.1. The van der Waals surface area contributed by atoms with E-state index in [9.17, 15) is 10.2 Å². The Balaban J connectivity index is 2.00. The molecule has 2 rings (SSSR count). The van der Waals surface area contributed by atoms with Gasteiger partial charge in [0.15, 0.2) is 11.5 Å². The lowest BCUT2D eigenvalue weighted by atomic mass is 10.0. The minimum absolute atomic E-state index is 0.117. The van der Waals surface area contributed by atoms with Crippen LogP contribution in [0.25, 0.3) is 0 Å². The lowest BCUT2D eigenvalue weighted by molar-refractivity contribution is 0.167. The fourth-order valence-electron chi connectivity index (χ4n) is 2.21. The van der Waals surface area contributed by atoms with E-state index in [1.165, 1.54) is 7.11 Å². The molecule has 0 aliphatic heterocycles. The summed E-state index contributed by atoms with van der Waals surface area (Å²) in [6.45, 7) is 0. The number of rotatable bonds is 6. The van der Waals surface area contributed by atoms with Crippen LogP contribution in [-0.4, -0.2) is 24.4 Å². The third kappa shape index (κ3) is 3.89. The Labute approximate surface area is 124 Å². The molecule has 0 saturated carbocycles. The molecule has 0 bridgehead atoms. The van der Waals surface area contributed by atoms with Gasteiger partial charge in [0.05, 0.1) is 20.3 Å². The van der Waals surface area contributed by atoms with Crippen molar-refractivity contribution in [3.8, 4) is 17.2 Å². The van der Waals surface area contributed by atoms with Gasteiger partial charge >= 0.3 is 0 Å². The molecule has 2 aromatic carbocycles. The maximum absolute atomic E-state index is 10.2. The third-order valence-electron chi connectivity index (χ3n) is 3.43. The number of phenols is 1. The molecule has 112 valence electrons. The van der Waals surface area contributed by atoms with E-state index in [0.29, 0.717) is 18.6 Å². The van der Waals surface area contributed by atoms with Crippen molar-refractivity contribution < 1.29 is 19.7 Å². The van der Waals surface area contributed by atoms with Gasteiger partial charge in [-0.15, -0.1) is 0 Å². The molecule has 1 atom stereocenters. The number of aryl methyl sites for hydroxylation is 1. The maximum Gasteiger partial charge on any atom is 0.160 e. The summed E-state index contributed by atoms with van der Waals surface area (Å²) < 4.78 is 10.2. The normalized spacial score (nSPS) is 12.0. The van der Waals surface area contributed by atoms with E-state index in [1.54, 1.807) is 19.2 Å². The molecule has 0 unspecified atom stereocenters. The molecule has 0 aliphatic carbocycles. The molecule has 0 radical (unpaired) electrons. The van der Waals surface area contributed by atoms with Crippen molar-refractivity contribution >= 4 is 0 Å². The van der Waals surface area contributed by atoms with Gasteiger partial charge in [-0.3, -0.25) is 0 Å². The van der Waals surface area contributed by atoms with E-state index in [0.717, 1.165) is 16.9 Å². The number of ether oxygens (including phenoxy) is 2. The highest BCUT2D eigenvalue weighted by atomic mass is 16.5. The average molecular weight is 288 g/mol. The zero-order chi connectivity index (χ0) is 15.2. The molecule has 4 heteroatoms. The van der Waals surface area contributed by atoms with Crippen molar-refractivity contribution in [1.29, 1.82) is 0 Å². The molecule has 0 aliphatic rings. The van der Waals surface area contributed by atoms with Crippen molar-refractivity contribution in [2.75, 3.05) is 14.2 Å². The minimum Gasteiger partial charge on any atom is -0.504 e. The number of hydrogen-bond donors (Lipinski definition) is 2. The number of aliphatic hydroxyl groups is 1. The number of aliphatic hydroxyl groups excluding tert-OH is 1. The first kappa shape index (κ1) is 15.2. The first-order valence-corrected chi connectivity index (χ1v) is 6.82. The molecule has 0 heterocycles. The molecule has 2 N–H and O–H groups in total. The van der Waals surface area contributed by atoms with E-state index >= 15 is 0 Å². The fraction of sp³-hybridized carbons (Fsp3) is 0.294. The van der Waals surface area contributed by atoms with E-state index < -0.39 is 6.10 Å². The second kappa shape index (κ2) is 6.99. The van der Waals surface area contributed by atoms with Gasteiger partial charge < -0.3 is 19.7 Å². The minimum atomic E-state index is -0.565. The van der Waals surface area contributed by atoms with Gasteiger partial charge in [-0.05, 0) is 48.2 Å². The van der Waals surface area contributed by atoms with Gasteiger partial charge in [0, 0.05) is 0 Å². The van der Waals surface area contributed by atoms with E-state index in [-0.39, 0.29) is 5.75 Å². The van der Waals surface area contributed by atoms with Gasteiger partial charge in [0.25, 0.3) is 0 Å². The van der Waals surface area contributed by atoms with Gasteiger partial charge in [0.2, 0.25) is 0 Å². The van der Waals surface area contributed by atoms with Crippen molar-refractivity contribution in [3.63, 3.8) is 0 Å². The fourth-order valence-corrected chi connectivity index (χ4v) is 2.21. The monoisotopic (exact) mass is 288 g/mol. The van der Waals surface area contributed by atoms with Crippen LogP contribution in [0.3, 0.4) is 0 Å². The van der Waals surface area contributed by atoms with Crippen LogP contribution in [0.1, 0.15) is 23.7 Å². The Morgan fingerprint density at radius 3 is 2.52 bits per heavy atom. The van der Waals surface area contributed by atoms with Gasteiger partial charge in [-0.25, -0.2) is 0 Å². The Morgan fingerprint density at radius 1 is 1.05 bits per heavy atom. The SMILES string of the molecule is COc1cccc([C@H](O)CCc2ccc(OC)c(O)c2)c1. The summed E-state index contributed by atoms with van der Waals surface area (Å²) in [5.74, 6) is 1.30. The number of methoxy groups -OCH3 is 2. The summed E-state index contributed by atoms with van der Waals surface area (Å²) in [6.07, 6.45) is 0.666. The zero-order valence-electron chi connectivity index (χ0n) is 12.2. The molecule has 0 spiro atoms. The number of phenolic OH excluding ortho intramolecular Hbond substituents is 1. The van der Waals surface area contributed by atoms with E-state index in [1.807, 2.05) is 30.3 Å². The smallest absolute Gasteiger partial charge is 0.160 e. The van der Waals surface area contributed by atoms with Crippen LogP contribution in [0.4, 0.5) is 0 Å². The lowest BCUT2D eigenvalue weighted by Gasteiger charge is -2.12. The van der Waals surface area contributed by atoms with Crippen LogP contribution in [0.15, 0.2) is 42.5 Å². The van der Waals surface area contributed by atoms with Gasteiger partial charge in [-0.2, -0.15) is 0 Å². The van der Waals surface area contributed by atoms with Crippen molar-refractivity contribution in [3.05, 3.63) is 53.6 Å². The van der Waals surface area contributed by atoms with Gasteiger partial charge in [0.1, 0.15) is 5.75 Å². The second-order valence-electron chi connectivity index (χ2n) is 4.84. The summed E-state index contributed by atoms with van der Waals surface area (Å²) in [4.78, 5) is 0. The molecule has 4 nitrogen and oxygen atoms in total. The van der Waals surface area contributed by atoms with Crippen molar-refractivity contribution in [1.82, 2.24) is 0 Å². The van der Waals surface area contributed by atoms with Crippen molar-refractivity contribution in [2.45, 2.75) is 18.9 Å². The topological polar surface area (TPSA) is 58.9 Å². The molecule has 0 aromatic heterocycles. The Morgan fingerprint density at radius 2 is 1.86 bits per heavy atom. The van der Waals surface area contributed by atoms with Crippen LogP contribution in [0.5, 0.6) is 17.2 Å². The molecular formula is C17H20O4. The van der Waals surface area contributed by atoms with Crippen LogP contribution in [0.2, 0.25) is 0 Å². The Hall–Kier alpha value is -2.20. The van der Waals surface area contributed by atoms with Gasteiger partial charge in [-0.1, -0.05) is 18.2 Å².